The molecule has 0 fully saturated rings. The molecule has 0 bridgehead atoms. The number of ketones is 1. The first-order valence-corrected chi connectivity index (χ1v) is 10.2. The zero-order valence-electron chi connectivity index (χ0n) is 16.7. The van der Waals surface area contributed by atoms with E-state index in [-0.39, 0.29) is 11.5 Å². The van der Waals surface area contributed by atoms with Crippen molar-refractivity contribution in [2.24, 2.45) is 0 Å². The molecule has 0 aliphatic rings. The van der Waals surface area contributed by atoms with Crippen LogP contribution in [0.3, 0.4) is 0 Å². The van der Waals surface area contributed by atoms with Gasteiger partial charge in [0.05, 0.1) is 12.0 Å². The molecular weight excluding hydrogens is 386 g/mol. The summed E-state index contributed by atoms with van der Waals surface area (Å²) in [5, 5.41) is 8.27. The molecule has 3 heterocycles. The number of carbonyl (C=O) groups is 1. The number of hydrogen-bond acceptors (Lipinski definition) is 6. The quantitative estimate of drug-likeness (QED) is 0.318. The maximum absolute atomic E-state index is 12.9. The minimum atomic E-state index is 0.0245. The Kier molecular flexibility index (Phi) is 5.15. The minimum absolute atomic E-state index is 0.0245. The SMILES string of the molecule is Cc1cc(C)cc(-n2c(C)cc(C(=O)CSc3nnc(-c4ccco4)o3)c2C)c1. The Morgan fingerprint density at radius 3 is 2.52 bits per heavy atom. The molecule has 7 heteroatoms. The van der Waals surface area contributed by atoms with Crippen LogP contribution in [0.4, 0.5) is 0 Å². The maximum atomic E-state index is 12.9. The molecule has 0 radical (unpaired) electrons. The van der Waals surface area contributed by atoms with Crippen LogP contribution in [0.1, 0.15) is 32.9 Å². The molecule has 0 saturated heterocycles. The van der Waals surface area contributed by atoms with Crippen LogP contribution in [-0.2, 0) is 0 Å². The van der Waals surface area contributed by atoms with Crippen LogP contribution in [0.5, 0.6) is 0 Å². The van der Waals surface area contributed by atoms with Crippen LogP contribution in [0, 0.1) is 27.7 Å². The summed E-state index contributed by atoms with van der Waals surface area (Å²) in [5.41, 5.74) is 6.13. The van der Waals surface area contributed by atoms with E-state index in [4.69, 9.17) is 8.83 Å². The van der Waals surface area contributed by atoms with Crippen molar-refractivity contribution in [3.63, 3.8) is 0 Å². The third-order valence-electron chi connectivity index (χ3n) is 4.66. The van der Waals surface area contributed by atoms with Gasteiger partial charge in [0.25, 0.3) is 11.1 Å². The van der Waals surface area contributed by atoms with Crippen LogP contribution in [0.15, 0.2) is 56.7 Å². The molecule has 0 N–H and O–H groups in total. The van der Waals surface area contributed by atoms with Crippen molar-refractivity contribution in [2.75, 3.05) is 5.75 Å². The highest BCUT2D eigenvalue weighted by atomic mass is 32.2. The molecular formula is C22H21N3O3S. The Bertz CT molecular complexity index is 1150. The van der Waals surface area contributed by atoms with Crippen molar-refractivity contribution >= 4 is 17.5 Å². The normalized spacial score (nSPS) is 11.2. The van der Waals surface area contributed by atoms with Gasteiger partial charge >= 0.3 is 0 Å². The number of furan rings is 1. The number of thioether (sulfide) groups is 1. The Morgan fingerprint density at radius 1 is 1.07 bits per heavy atom. The van der Waals surface area contributed by atoms with Gasteiger partial charge in [-0.3, -0.25) is 4.79 Å². The highest BCUT2D eigenvalue weighted by molar-refractivity contribution is 7.99. The van der Waals surface area contributed by atoms with E-state index in [0.717, 1.165) is 17.1 Å². The smallest absolute Gasteiger partial charge is 0.284 e. The van der Waals surface area contributed by atoms with Crippen LogP contribution in [0.2, 0.25) is 0 Å². The summed E-state index contributed by atoms with van der Waals surface area (Å²) in [6.45, 7) is 8.15. The highest BCUT2D eigenvalue weighted by Gasteiger charge is 2.19. The molecule has 1 aromatic carbocycles. The number of rotatable bonds is 6. The molecule has 0 unspecified atom stereocenters. The van der Waals surface area contributed by atoms with E-state index >= 15 is 0 Å². The summed E-state index contributed by atoms with van der Waals surface area (Å²) in [7, 11) is 0. The minimum Gasteiger partial charge on any atom is -0.459 e. The predicted molar refractivity (Wildman–Crippen MR) is 112 cm³/mol. The number of nitrogens with zero attached hydrogens (tertiary/aromatic N) is 3. The molecule has 29 heavy (non-hydrogen) atoms. The summed E-state index contributed by atoms with van der Waals surface area (Å²) in [4.78, 5) is 12.9. The van der Waals surface area contributed by atoms with Crippen LogP contribution in [-0.4, -0.2) is 26.3 Å². The number of benzene rings is 1. The summed E-state index contributed by atoms with van der Waals surface area (Å²) >= 11 is 1.23. The lowest BCUT2D eigenvalue weighted by Gasteiger charge is -2.12. The van der Waals surface area contributed by atoms with Gasteiger partial charge in [0.2, 0.25) is 0 Å². The summed E-state index contributed by atoms with van der Waals surface area (Å²) in [6, 6.07) is 11.8. The number of hydrogen-bond donors (Lipinski definition) is 0. The van der Waals surface area contributed by atoms with Gasteiger partial charge in [0.1, 0.15) is 0 Å². The van der Waals surface area contributed by atoms with E-state index in [1.807, 2.05) is 19.9 Å². The molecule has 0 saturated carbocycles. The Hall–Kier alpha value is -3.06. The second-order valence-corrected chi connectivity index (χ2v) is 7.95. The number of carbonyl (C=O) groups excluding carboxylic acids is 1. The first-order valence-electron chi connectivity index (χ1n) is 9.23. The second kappa shape index (κ2) is 7.75. The number of aryl methyl sites for hydroxylation is 3. The Labute approximate surface area is 172 Å². The monoisotopic (exact) mass is 407 g/mol. The van der Waals surface area contributed by atoms with Crippen LogP contribution < -0.4 is 0 Å². The predicted octanol–water partition coefficient (Wildman–Crippen LogP) is 5.33. The molecule has 4 rings (SSSR count). The van der Waals surface area contributed by atoms with Crippen LogP contribution >= 0.6 is 11.8 Å². The van der Waals surface area contributed by atoms with Gasteiger partial charge in [0.15, 0.2) is 11.5 Å². The average Bonchev–Trinajstić information content (AvgIpc) is 3.39. The van der Waals surface area contributed by atoms with Crippen molar-refractivity contribution in [3.05, 3.63) is 70.7 Å². The van der Waals surface area contributed by atoms with Gasteiger partial charge in [-0.25, -0.2) is 0 Å². The fraction of sp³-hybridized carbons (Fsp3) is 0.227. The van der Waals surface area contributed by atoms with Gasteiger partial charge in [-0.05, 0) is 69.2 Å². The van der Waals surface area contributed by atoms with E-state index in [1.165, 1.54) is 22.9 Å². The molecule has 6 nitrogen and oxygen atoms in total. The molecule has 0 aliphatic heterocycles. The van der Waals surface area contributed by atoms with Gasteiger partial charge < -0.3 is 13.4 Å². The van der Waals surface area contributed by atoms with Crippen molar-refractivity contribution in [1.82, 2.24) is 14.8 Å². The van der Waals surface area contributed by atoms with Crippen molar-refractivity contribution in [3.8, 4) is 17.3 Å². The van der Waals surface area contributed by atoms with Crippen molar-refractivity contribution in [2.45, 2.75) is 32.9 Å². The Morgan fingerprint density at radius 2 is 1.83 bits per heavy atom. The topological polar surface area (TPSA) is 74.1 Å². The molecule has 148 valence electrons. The second-order valence-electron chi connectivity index (χ2n) is 7.03. The molecule has 0 atom stereocenters. The fourth-order valence-corrected chi connectivity index (χ4v) is 4.14. The summed E-state index contributed by atoms with van der Waals surface area (Å²) < 4.78 is 12.9. The van der Waals surface area contributed by atoms with E-state index < -0.39 is 0 Å². The number of Topliss-reactive ketones (excluding diaryl/α,β-unsaturated/α-hetero) is 1. The largest absolute Gasteiger partial charge is 0.459 e. The first kappa shape index (κ1) is 19.3. The van der Waals surface area contributed by atoms with Gasteiger partial charge in [-0.15, -0.1) is 10.2 Å². The van der Waals surface area contributed by atoms with E-state index in [9.17, 15) is 4.79 Å². The third kappa shape index (κ3) is 3.91. The standard InChI is InChI=1S/C22H21N3O3S/c1-13-8-14(2)10-17(9-13)25-15(3)11-18(16(25)4)19(26)12-29-22-24-23-21(28-22)20-6-5-7-27-20/h5-11H,12H2,1-4H3. The van der Waals surface area contributed by atoms with E-state index in [2.05, 4.69) is 46.8 Å². The molecule has 0 spiro atoms. The molecule has 4 aromatic rings. The highest BCUT2D eigenvalue weighted by Crippen LogP contribution is 2.27. The average molecular weight is 407 g/mol. The van der Waals surface area contributed by atoms with Gasteiger partial charge in [0, 0.05) is 22.6 Å². The zero-order chi connectivity index (χ0) is 20.5. The first-order chi connectivity index (χ1) is 13.9. The summed E-state index contributed by atoms with van der Waals surface area (Å²) in [6.07, 6.45) is 1.54. The molecule has 0 aliphatic carbocycles. The maximum Gasteiger partial charge on any atom is 0.284 e. The van der Waals surface area contributed by atoms with Crippen molar-refractivity contribution in [1.29, 1.82) is 0 Å². The number of aromatic nitrogens is 3. The van der Waals surface area contributed by atoms with Crippen molar-refractivity contribution < 1.29 is 13.6 Å². The lowest BCUT2D eigenvalue weighted by Crippen LogP contribution is -2.06. The molecule has 0 amide bonds. The van der Waals surface area contributed by atoms with E-state index in [1.54, 1.807) is 18.4 Å². The van der Waals surface area contributed by atoms with Gasteiger partial charge in [-0.2, -0.15) is 0 Å². The Balaban J connectivity index is 1.52. The van der Waals surface area contributed by atoms with E-state index in [0.29, 0.717) is 22.4 Å². The fourth-order valence-electron chi connectivity index (χ4n) is 3.50. The molecule has 3 aromatic heterocycles. The zero-order valence-corrected chi connectivity index (χ0v) is 17.5. The van der Waals surface area contributed by atoms with Crippen LogP contribution in [0.25, 0.3) is 17.3 Å². The lowest BCUT2D eigenvalue weighted by molar-refractivity contribution is 0.102. The lowest BCUT2D eigenvalue weighted by atomic mass is 10.1. The third-order valence-corrected chi connectivity index (χ3v) is 5.48. The summed E-state index contributed by atoms with van der Waals surface area (Å²) in [5.74, 6) is 1.05. The van der Waals surface area contributed by atoms with Gasteiger partial charge in [-0.1, -0.05) is 17.8 Å².